The molecule has 3 aromatic heterocycles. The van der Waals surface area contributed by atoms with Gasteiger partial charge in [-0.1, -0.05) is 32.9 Å². The summed E-state index contributed by atoms with van der Waals surface area (Å²) in [7, 11) is 1.84. The highest BCUT2D eigenvalue weighted by molar-refractivity contribution is 7.99. The SMILES string of the molecule is C=Cc1c(C)c2cc3nc(c(C)c4nc(cc5[nH]c(cc1[nH]2)c(C)c5CC)C(C)=C4)[C@@H](CCC(=O)N(C)CCCCCS[C@@H]1O[C@H](COC(C)=O)[C@@H](OC(C)=O)[C@H](OC(C)=O)[C@H]1OC(C)=O)[C@@H]3C. The summed E-state index contributed by atoms with van der Waals surface area (Å²) in [6.07, 6.45) is 3.66. The van der Waals surface area contributed by atoms with Crippen LogP contribution in [0.4, 0.5) is 0 Å². The van der Waals surface area contributed by atoms with Crippen molar-refractivity contribution >= 4 is 81.3 Å². The molecule has 2 N–H and O–H groups in total. The zero-order valence-corrected chi connectivity index (χ0v) is 42.1. The van der Waals surface area contributed by atoms with Gasteiger partial charge in [-0.2, -0.15) is 0 Å². The molecule has 16 heteroatoms. The van der Waals surface area contributed by atoms with Gasteiger partial charge < -0.3 is 38.6 Å². The number of fused-ring (bicyclic) bond motifs is 8. The fraction of sp³-hybridized carbons (Fsp3) is 0.519. The molecular weight excluding hydrogens is 887 g/mol. The quantitative estimate of drug-likeness (QED) is 0.0740. The summed E-state index contributed by atoms with van der Waals surface area (Å²) in [4.78, 5) is 81.6. The number of aromatic nitrogens is 4. The van der Waals surface area contributed by atoms with Crippen LogP contribution in [-0.4, -0.2) is 110 Å². The van der Waals surface area contributed by atoms with E-state index in [-0.39, 0.29) is 24.3 Å². The number of H-pyrrole nitrogens is 2. The van der Waals surface area contributed by atoms with Crippen molar-refractivity contribution in [1.29, 1.82) is 0 Å². The van der Waals surface area contributed by atoms with E-state index in [1.807, 2.05) is 13.1 Å². The normalized spacial score (nSPS) is 21.1. The van der Waals surface area contributed by atoms with Crippen LogP contribution in [0.15, 0.2) is 24.8 Å². The van der Waals surface area contributed by atoms with Crippen molar-refractivity contribution in [3.05, 3.63) is 75.4 Å². The predicted octanol–water partition coefficient (Wildman–Crippen LogP) is 9.12. The number of unbranched alkanes of at least 4 members (excludes halogenated alkanes) is 2. The van der Waals surface area contributed by atoms with Gasteiger partial charge in [-0.05, 0) is 111 Å². The molecule has 0 saturated carbocycles. The first kappa shape index (κ1) is 51.6. The fourth-order valence-corrected chi connectivity index (χ4v) is 10.7. The molecule has 1 amide bonds. The Kier molecular flexibility index (Phi) is 17.1. The average molecular weight is 954 g/mol. The smallest absolute Gasteiger partial charge is 0.303 e. The lowest BCUT2D eigenvalue weighted by molar-refractivity contribution is -0.237. The van der Waals surface area contributed by atoms with Gasteiger partial charge in [-0.15, -0.1) is 11.8 Å². The van der Waals surface area contributed by atoms with E-state index in [4.69, 9.17) is 33.7 Å². The number of aryl methyl sites for hydroxylation is 3. The highest BCUT2D eigenvalue weighted by Gasteiger charge is 2.52. The molecular formula is C52H67N5O10S. The molecule has 0 spiro atoms. The Labute approximate surface area is 403 Å². The molecule has 0 unspecified atom stereocenters. The molecule has 3 aromatic rings. The van der Waals surface area contributed by atoms with Crippen LogP contribution in [0.3, 0.4) is 0 Å². The molecule has 6 heterocycles. The van der Waals surface area contributed by atoms with Crippen LogP contribution in [0.2, 0.25) is 0 Å². The van der Waals surface area contributed by atoms with Gasteiger partial charge in [-0.25, -0.2) is 4.98 Å². The van der Waals surface area contributed by atoms with Gasteiger partial charge >= 0.3 is 23.9 Å². The Bertz CT molecular complexity index is 2630. The lowest BCUT2D eigenvalue weighted by atomic mass is 9.85. The van der Waals surface area contributed by atoms with Gasteiger partial charge in [0.1, 0.15) is 18.1 Å². The van der Waals surface area contributed by atoms with Gasteiger partial charge in [-0.3, -0.25) is 29.0 Å². The Morgan fingerprint density at radius 1 is 0.809 bits per heavy atom. The Morgan fingerprint density at radius 3 is 2.13 bits per heavy atom. The number of nitrogens with one attached hydrogen (secondary N) is 2. The molecule has 7 atom stereocenters. The number of carbonyl (C=O) groups excluding carboxylic acids is 5. The van der Waals surface area contributed by atoms with E-state index >= 15 is 0 Å². The third-order valence-corrected chi connectivity index (χ3v) is 14.4. The monoisotopic (exact) mass is 953 g/mol. The summed E-state index contributed by atoms with van der Waals surface area (Å²) >= 11 is 1.35. The van der Waals surface area contributed by atoms with Crippen LogP contribution in [0.25, 0.3) is 39.8 Å². The summed E-state index contributed by atoms with van der Waals surface area (Å²) in [6, 6.07) is 6.47. The summed E-state index contributed by atoms with van der Waals surface area (Å²) in [5.41, 5.74) is 13.6. The number of thioether (sulfide) groups is 1. The Morgan fingerprint density at radius 2 is 1.47 bits per heavy atom. The number of carbonyl (C=O) groups is 5. The van der Waals surface area contributed by atoms with Gasteiger partial charge in [0.15, 0.2) is 18.3 Å². The molecule has 3 aliphatic rings. The largest absolute Gasteiger partial charge is 0.463 e. The molecule has 0 aliphatic carbocycles. The number of rotatable bonds is 17. The maximum absolute atomic E-state index is 13.8. The van der Waals surface area contributed by atoms with E-state index in [0.717, 1.165) is 92.8 Å². The van der Waals surface area contributed by atoms with E-state index in [1.165, 1.54) is 50.6 Å². The van der Waals surface area contributed by atoms with Gasteiger partial charge in [0.2, 0.25) is 5.91 Å². The van der Waals surface area contributed by atoms with Crippen molar-refractivity contribution < 1.29 is 47.7 Å². The molecule has 68 heavy (non-hydrogen) atoms. The zero-order chi connectivity index (χ0) is 49.6. The first-order chi connectivity index (χ1) is 32.3. The molecule has 0 aromatic carbocycles. The second-order valence-electron chi connectivity index (χ2n) is 18.0. The van der Waals surface area contributed by atoms with E-state index < -0.39 is 53.7 Å². The van der Waals surface area contributed by atoms with E-state index in [2.05, 4.69) is 82.4 Å². The zero-order valence-electron chi connectivity index (χ0n) is 41.3. The third kappa shape index (κ3) is 11.9. The summed E-state index contributed by atoms with van der Waals surface area (Å²) in [5, 5.41) is 0. The molecule has 8 bridgehead atoms. The summed E-state index contributed by atoms with van der Waals surface area (Å²) in [6.45, 7) is 22.1. The number of hydrogen-bond donors (Lipinski definition) is 2. The van der Waals surface area contributed by atoms with Crippen molar-refractivity contribution in [1.82, 2.24) is 24.8 Å². The van der Waals surface area contributed by atoms with Crippen LogP contribution in [-0.2, 0) is 54.1 Å². The molecule has 366 valence electrons. The Hall–Kier alpha value is -5.74. The van der Waals surface area contributed by atoms with Crippen molar-refractivity contribution in [3.8, 4) is 0 Å². The lowest BCUT2D eigenvalue weighted by Gasteiger charge is -2.44. The number of esters is 4. The molecule has 3 aliphatic heterocycles. The predicted molar refractivity (Wildman–Crippen MR) is 265 cm³/mol. The first-order valence-electron chi connectivity index (χ1n) is 23.5. The number of ether oxygens (including phenoxy) is 5. The highest BCUT2D eigenvalue weighted by Crippen LogP contribution is 2.42. The minimum absolute atomic E-state index is 0.00742. The van der Waals surface area contributed by atoms with Gasteiger partial charge in [0.05, 0.1) is 11.4 Å². The molecule has 6 rings (SSSR count). The van der Waals surface area contributed by atoms with E-state index in [9.17, 15) is 24.0 Å². The standard InChI is InChI=1S/C52H67N5O10S/c1-13-36-29(5)42-25-45-37(14-2)28(4)41(54-45)24-43-30(6)38(48(56-43)31(7)40-22-27(3)39(53-40)23-44(36)55-42)18-19-47(62)57(12)20-16-15-17-21-68-52-51(66-35(11)61)50(65-34(10)60)49(64-33(9)59)46(67-52)26-63-32(8)58/h14,22-25,30,38,46,49-52,54-55H,2,13,15-21,26H2,1,3-12H3/t30-,38-,46+,49+,50-,51+,52-/m0/s1. The second-order valence-corrected chi connectivity index (χ2v) is 19.2. The van der Waals surface area contributed by atoms with Gasteiger partial charge in [0.25, 0.3) is 0 Å². The molecule has 1 fully saturated rings. The molecule has 0 radical (unpaired) electrons. The van der Waals surface area contributed by atoms with E-state index in [0.29, 0.717) is 25.1 Å². The lowest BCUT2D eigenvalue weighted by Crippen LogP contribution is -2.61. The second kappa shape index (κ2) is 22.6. The van der Waals surface area contributed by atoms with Crippen LogP contribution in [0.1, 0.15) is 143 Å². The van der Waals surface area contributed by atoms with Crippen LogP contribution in [0, 0.1) is 20.8 Å². The minimum atomic E-state index is -1.20. The van der Waals surface area contributed by atoms with Crippen molar-refractivity contribution in [3.63, 3.8) is 0 Å². The fourth-order valence-electron chi connectivity index (χ4n) is 9.43. The van der Waals surface area contributed by atoms with Crippen molar-refractivity contribution in [2.45, 2.75) is 149 Å². The van der Waals surface area contributed by atoms with Crippen molar-refractivity contribution in [2.75, 3.05) is 26.0 Å². The number of amides is 1. The number of aromatic amines is 2. The topological polar surface area (TPSA) is 192 Å². The van der Waals surface area contributed by atoms with Crippen LogP contribution < -0.4 is 0 Å². The van der Waals surface area contributed by atoms with Crippen LogP contribution in [0.5, 0.6) is 0 Å². The minimum Gasteiger partial charge on any atom is -0.463 e. The summed E-state index contributed by atoms with van der Waals surface area (Å²) < 4.78 is 28.1. The van der Waals surface area contributed by atoms with Crippen LogP contribution >= 0.6 is 11.8 Å². The molecule has 1 saturated heterocycles. The third-order valence-electron chi connectivity index (χ3n) is 13.1. The highest BCUT2D eigenvalue weighted by atomic mass is 32.2. The Balaban J connectivity index is 1.14. The summed E-state index contributed by atoms with van der Waals surface area (Å²) in [5.74, 6) is -1.91. The number of nitrogens with zero attached hydrogens (tertiary/aromatic N) is 3. The first-order valence-corrected chi connectivity index (χ1v) is 24.6. The van der Waals surface area contributed by atoms with E-state index in [1.54, 1.807) is 4.90 Å². The maximum Gasteiger partial charge on any atom is 0.303 e. The van der Waals surface area contributed by atoms with Gasteiger partial charge in [0, 0.05) is 98.6 Å². The average Bonchev–Trinajstić information content (AvgIpc) is 3.98. The number of hydrogen-bond acceptors (Lipinski definition) is 13. The number of allylic oxidation sites excluding steroid dienone is 1. The maximum atomic E-state index is 13.8. The molecule has 15 nitrogen and oxygen atoms in total. The van der Waals surface area contributed by atoms with Crippen molar-refractivity contribution in [2.24, 2.45) is 0 Å².